The first-order valence-electron chi connectivity index (χ1n) is 8.56. The summed E-state index contributed by atoms with van der Waals surface area (Å²) in [5.74, 6) is 0. The lowest BCUT2D eigenvalue weighted by Gasteiger charge is -2.41. The van der Waals surface area contributed by atoms with Gasteiger partial charge in [-0.1, -0.05) is 20.3 Å². The Morgan fingerprint density at radius 1 is 1.20 bits per heavy atom. The van der Waals surface area contributed by atoms with Crippen LogP contribution in [0.15, 0.2) is 0 Å². The molecule has 0 aromatic heterocycles. The number of piperidine rings is 1. The molecule has 1 saturated heterocycles. The number of rotatable bonds is 7. The van der Waals surface area contributed by atoms with Crippen molar-refractivity contribution in [1.82, 2.24) is 15.1 Å². The molecule has 3 heteroatoms. The number of nitrogens with one attached hydrogen (secondary N) is 1. The molecule has 0 saturated carbocycles. The Morgan fingerprint density at radius 2 is 1.80 bits per heavy atom. The van der Waals surface area contributed by atoms with Gasteiger partial charge in [0.2, 0.25) is 0 Å². The monoisotopic (exact) mass is 283 g/mol. The van der Waals surface area contributed by atoms with Crippen LogP contribution in [-0.2, 0) is 0 Å². The molecule has 1 atom stereocenters. The Balaban J connectivity index is 2.49. The summed E-state index contributed by atoms with van der Waals surface area (Å²) >= 11 is 0. The largest absolute Gasteiger partial charge is 0.311 e. The molecule has 0 aromatic carbocycles. The summed E-state index contributed by atoms with van der Waals surface area (Å²) in [6.07, 6.45) is 5.24. The predicted octanol–water partition coefficient (Wildman–Crippen LogP) is 2.96. The molecular weight excluding hydrogens is 246 g/mol. The van der Waals surface area contributed by atoms with E-state index in [1.54, 1.807) is 0 Å². The molecule has 1 heterocycles. The van der Waals surface area contributed by atoms with Gasteiger partial charge in [-0.3, -0.25) is 4.90 Å². The van der Waals surface area contributed by atoms with E-state index in [1.807, 2.05) is 0 Å². The van der Waals surface area contributed by atoms with Gasteiger partial charge in [-0.15, -0.1) is 0 Å². The van der Waals surface area contributed by atoms with Crippen molar-refractivity contribution in [3.63, 3.8) is 0 Å². The predicted molar refractivity (Wildman–Crippen MR) is 89.4 cm³/mol. The Morgan fingerprint density at radius 3 is 2.25 bits per heavy atom. The minimum atomic E-state index is 0.221. The van der Waals surface area contributed by atoms with E-state index in [9.17, 15) is 0 Å². The van der Waals surface area contributed by atoms with Crippen molar-refractivity contribution >= 4 is 0 Å². The molecule has 1 aliphatic rings. The highest BCUT2D eigenvalue weighted by molar-refractivity contribution is 4.84. The maximum Gasteiger partial charge on any atom is 0.0220 e. The molecule has 1 fully saturated rings. The first-order valence-corrected chi connectivity index (χ1v) is 8.56. The molecule has 1 N–H and O–H groups in total. The van der Waals surface area contributed by atoms with Gasteiger partial charge in [-0.05, 0) is 66.7 Å². The quantitative estimate of drug-likeness (QED) is 0.775. The van der Waals surface area contributed by atoms with Crippen LogP contribution in [0.5, 0.6) is 0 Å². The van der Waals surface area contributed by atoms with E-state index in [0.717, 1.165) is 12.6 Å². The lowest BCUT2D eigenvalue weighted by molar-refractivity contribution is 0.0907. The molecule has 0 bridgehead atoms. The minimum absolute atomic E-state index is 0.221. The molecule has 0 aliphatic carbocycles. The molecule has 20 heavy (non-hydrogen) atoms. The van der Waals surface area contributed by atoms with Crippen molar-refractivity contribution in [2.24, 2.45) is 0 Å². The van der Waals surface area contributed by atoms with Crippen LogP contribution in [0.25, 0.3) is 0 Å². The van der Waals surface area contributed by atoms with Crippen molar-refractivity contribution in [3.8, 4) is 0 Å². The van der Waals surface area contributed by atoms with E-state index in [4.69, 9.17) is 0 Å². The summed E-state index contributed by atoms with van der Waals surface area (Å²) in [5, 5.41) is 3.69. The Bertz CT molecular complexity index is 251. The molecule has 0 radical (unpaired) electrons. The van der Waals surface area contributed by atoms with Gasteiger partial charge in [0.25, 0.3) is 0 Å². The van der Waals surface area contributed by atoms with Crippen molar-refractivity contribution in [2.45, 2.75) is 77.9 Å². The van der Waals surface area contributed by atoms with Gasteiger partial charge in [0, 0.05) is 24.2 Å². The molecule has 1 unspecified atom stereocenters. The van der Waals surface area contributed by atoms with Gasteiger partial charge in [-0.2, -0.15) is 0 Å². The van der Waals surface area contributed by atoms with Gasteiger partial charge in [0.15, 0.2) is 0 Å². The first kappa shape index (κ1) is 17.9. The van der Waals surface area contributed by atoms with Crippen molar-refractivity contribution in [2.75, 3.05) is 33.2 Å². The van der Waals surface area contributed by atoms with Gasteiger partial charge >= 0.3 is 0 Å². The fraction of sp³-hybridized carbons (Fsp3) is 1.00. The molecular formula is C17H37N3. The van der Waals surface area contributed by atoms with Crippen LogP contribution in [0.4, 0.5) is 0 Å². The molecule has 0 amide bonds. The zero-order valence-corrected chi connectivity index (χ0v) is 14.7. The number of nitrogens with zero attached hydrogens (tertiary/aromatic N) is 2. The second-order valence-corrected chi connectivity index (χ2v) is 7.40. The third-order valence-corrected chi connectivity index (χ3v) is 4.65. The van der Waals surface area contributed by atoms with Gasteiger partial charge < -0.3 is 10.2 Å². The Labute approximate surface area is 127 Å². The zero-order chi connectivity index (χ0) is 15.2. The van der Waals surface area contributed by atoms with Crippen LogP contribution >= 0.6 is 0 Å². The molecule has 1 rings (SSSR count). The Kier molecular flexibility index (Phi) is 7.49. The van der Waals surface area contributed by atoms with Crippen LogP contribution < -0.4 is 5.32 Å². The molecule has 3 nitrogen and oxygen atoms in total. The summed E-state index contributed by atoms with van der Waals surface area (Å²) in [6.45, 7) is 16.2. The van der Waals surface area contributed by atoms with Gasteiger partial charge in [-0.25, -0.2) is 0 Å². The lowest BCUT2D eigenvalue weighted by Crippen LogP contribution is -2.52. The van der Waals surface area contributed by atoms with Crippen molar-refractivity contribution in [3.05, 3.63) is 0 Å². The second-order valence-electron chi connectivity index (χ2n) is 7.40. The minimum Gasteiger partial charge on any atom is -0.311 e. The summed E-state index contributed by atoms with van der Waals surface area (Å²) in [7, 11) is 2.34. The number of hydrogen-bond acceptors (Lipinski definition) is 3. The van der Waals surface area contributed by atoms with Crippen LogP contribution in [0, 0.1) is 0 Å². The van der Waals surface area contributed by atoms with Crippen LogP contribution in [0.3, 0.4) is 0 Å². The third-order valence-electron chi connectivity index (χ3n) is 4.65. The van der Waals surface area contributed by atoms with E-state index in [-0.39, 0.29) is 5.54 Å². The molecule has 1 aliphatic heterocycles. The highest BCUT2D eigenvalue weighted by atomic mass is 15.2. The summed E-state index contributed by atoms with van der Waals surface area (Å²) < 4.78 is 0. The summed E-state index contributed by atoms with van der Waals surface area (Å²) in [6, 6.07) is 1.45. The van der Waals surface area contributed by atoms with Gasteiger partial charge in [0.05, 0.1) is 0 Å². The van der Waals surface area contributed by atoms with E-state index in [1.165, 1.54) is 45.3 Å². The van der Waals surface area contributed by atoms with Crippen molar-refractivity contribution in [1.29, 1.82) is 0 Å². The maximum absolute atomic E-state index is 3.69. The number of hydrogen-bond donors (Lipinski definition) is 1. The maximum atomic E-state index is 3.69. The fourth-order valence-corrected chi connectivity index (χ4v) is 3.15. The van der Waals surface area contributed by atoms with E-state index in [2.05, 4.69) is 56.8 Å². The molecule has 0 aromatic rings. The average Bonchev–Trinajstić information content (AvgIpc) is 2.42. The lowest BCUT2D eigenvalue weighted by atomic mass is 9.99. The standard InChI is InChI=1S/C17H37N3/c1-7-9-16(14-18-17(3,4)5)19(6)15-10-12-20(8-2)13-11-15/h15-16,18H,7-14H2,1-6H3. The zero-order valence-electron chi connectivity index (χ0n) is 14.7. The average molecular weight is 284 g/mol. The van der Waals surface area contributed by atoms with Crippen LogP contribution in [0.1, 0.15) is 60.3 Å². The van der Waals surface area contributed by atoms with E-state index >= 15 is 0 Å². The summed E-state index contributed by atoms with van der Waals surface area (Å²) in [4.78, 5) is 5.24. The summed E-state index contributed by atoms with van der Waals surface area (Å²) in [5.41, 5.74) is 0.221. The fourth-order valence-electron chi connectivity index (χ4n) is 3.15. The van der Waals surface area contributed by atoms with E-state index in [0.29, 0.717) is 6.04 Å². The SMILES string of the molecule is CCCC(CNC(C)(C)C)N(C)C1CCN(CC)CC1. The number of likely N-dealkylation sites (tertiary alicyclic amines) is 1. The van der Waals surface area contributed by atoms with Gasteiger partial charge in [0.1, 0.15) is 0 Å². The van der Waals surface area contributed by atoms with Crippen LogP contribution in [0.2, 0.25) is 0 Å². The normalized spacial score (nSPS) is 20.6. The van der Waals surface area contributed by atoms with Crippen LogP contribution in [-0.4, -0.2) is 60.6 Å². The number of likely N-dealkylation sites (N-methyl/N-ethyl adjacent to an activating group) is 1. The smallest absolute Gasteiger partial charge is 0.0220 e. The van der Waals surface area contributed by atoms with E-state index < -0.39 is 0 Å². The first-order chi connectivity index (χ1) is 9.37. The molecule has 0 spiro atoms. The highest BCUT2D eigenvalue weighted by Crippen LogP contribution is 2.19. The third kappa shape index (κ3) is 6.11. The second kappa shape index (κ2) is 8.35. The van der Waals surface area contributed by atoms with Crippen molar-refractivity contribution < 1.29 is 0 Å². The molecule has 120 valence electrons. The highest BCUT2D eigenvalue weighted by Gasteiger charge is 2.26. The Hall–Kier alpha value is -0.120. The topological polar surface area (TPSA) is 18.5 Å².